The maximum atomic E-state index is 12.6. The number of carbonyl (C=O) groups is 1. The van der Waals surface area contributed by atoms with E-state index in [1.165, 1.54) is 0 Å². The second-order valence-corrected chi connectivity index (χ2v) is 5.17. The quantitative estimate of drug-likeness (QED) is 0.936. The molecule has 1 N–H and O–H groups in total. The Kier molecular flexibility index (Phi) is 5.96. The molecule has 1 amide bonds. The first-order valence-electron chi connectivity index (χ1n) is 7.39. The van der Waals surface area contributed by atoms with Crippen molar-refractivity contribution in [3.63, 3.8) is 0 Å². The third-order valence-corrected chi connectivity index (χ3v) is 3.79. The molecule has 1 aromatic heterocycles. The highest BCUT2D eigenvalue weighted by atomic mass is 35.5. The number of rotatable bonds is 3. The van der Waals surface area contributed by atoms with Crippen LogP contribution in [0.2, 0.25) is 0 Å². The Morgan fingerprint density at radius 2 is 2.00 bits per heavy atom. The zero-order valence-corrected chi connectivity index (χ0v) is 13.8. The van der Waals surface area contributed by atoms with E-state index in [0.29, 0.717) is 5.56 Å². The number of piperazine rings is 1. The van der Waals surface area contributed by atoms with E-state index < -0.39 is 0 Å². The Hall–Kier alpha value is -2.11. The summed E-state index contributed by atoms with van der Waals surface area (Å²) in [5.41, 5.74) is 2.31. The lowest BCUT2D eigenvalue weighted by molar-refractivity contribution is 0.0736. The third kappa shape index (κ3) is 3.81. The van der Waals surface area contributed by atoms with Crippen LogP contribution in [0.4, 0.5) is 0 Å². The summed E-state index contributed by atoms with van der Waals surface area (Å²) in [5, 5.41) is 3.25. The van der Waals surface area contributed by atoms with Crippen LogP contribution >= 0.6 is 12.4 Å². The van der Waals surface area contributed by atoms with Gasteiger partial charge in [0.05, 0.1) is 12.8 Å². The molecular formula is C17H20ClN3O2. The largest absolute Gasteiger partial charge is 0.496 e. The second-order valence-electron chi connectivity index (χ2n) is 5.17. The highest BCUT2D eigenvalue weighted by molar-refractivity contribution is 5.96. The number of amides is 1. The van der Waals surface area contributed by atoms with Gasteiger partial charge in [-0.25, -0.2) is 0 Å². The Morgan fingerprint density at radius 3 is 2.65 bits per heavy atom. The van der Waals surface area contributed by atoms with Crippen molar-refractivity contribution in [1.82, 2.24) is 15.2 Å². The molecule has 0 unspecified atom stereocenters. The summed E-state index contributed by atoms with van der Waals surface area (Å²) in [5.74, 6) is 0.775. The number of aromatic nitrogens is 1. The molecular weight excluding hydrogens is 314 g/mol. The molecule has 0 spiro atoms. The molecule has 0 radical (unpaired) electrons. The smallest absolute Gasteiger partial charge is 0.253 e. The topological polar surface area (TPSA) is 54.5 Å². The first-order chi connectivity index (χ1) is 10.8. The van der Waals surface area contributed by atoms with Crippen molar-refractivity contribution in [1.29, 1.82) is 0 Å². The normalized spacial score (nSPS) is 14.0. The molecule has 0 atom stereocenters. The zero-order valence-electron chi connectivity index (χ0n) is 13.0. The van der Waals surface area contributed by atoms with Crippen LogP contribution in [-0.2, 0) is 0 Å². The molecule has 1 fully saturated rings. The average Bonchev–Trinajstić information content (AvgIpc) is 2.62. The molecule has 1 aliphatic heterocycles. The van der Waals surface area contributed by atoms with Crippen molar-refractivity contribution < 1.29 is 9.53 Å². The number of pyridine rings is 1. The first-order valence-corrected chi connectivity index (χ1v) is 7.39. The molecule has 2 heterocycles. The number of methoxy groups -OCH3 is 1. The highest BCUT2D eigenvalue weighted by Crippen LogP contribution is 2.29. The zero-order chi connectivity index (χ0) is 15.4. The van der Waals surface area contributed by atoms with E-state index in [4.69, 9.17) is 4.74 Å². The van der Waals surface area contributed by atoms with Crippen molar-refractivity contribution in [2.45, 2.75) is 0 Å². The molecule has 0 bridgehead atoms. The van der Waals surface area contributed by atoms with Gasteiger partial charge < -0.3 is 15.0 Å². The van der Waals surface area contributed by atoms with E-state index in [2.05, 4.69) is 10.3 Å². The SMILES string of the molecule is COc1ccc(C(=O)N2CCNCC2)cc1-c1ccccn1.Cl. The maximum Gasteiger partial charge on any atom is 0.253 e. The van der Waals surface area contributed by atoms with Crippen molar-refractivity contribution >= 4 is 18.3 Å². The summed E-state index contributed by atoms with van der Waals surface area (Å²) in [6, 6.07) is 11.2. The van der Waals surface area contributed by atoms with E-state index in [0.717, 1.165) is 43.2 Å². The van der Waals surface area contributed by atoms with Crippen molar-refractivity contribution in [2.24, 2.45) is 0 Å². The predicted octanol–water partition coefficient (Wildman–Crippen LogP) is 2.22. The van der Waals surface area contributed by atoms with Gasteiger partial charge in [0.25, 0.3) is 5.91 Å². The fourth-order valence-electron chi connectivity index (χ4n) is 2.61. The standard InChI is InChI=1S/C17H19N3O2.ClH/c1-22-16-6-5-13(17(21)20-10-8-18-9-11-20)12-14(16)15-4-2-3-7-19-15;/h2-7,12,18H,8-11H2,1H3;1H. The van der Waals surface area contributed by atoms with Gasteiger partial charge in [0, 0.05) is 43.5 Å². The highest BCUT2D eigenvalue weighted by Gasteiger charge is 2.19. The number of benzene rings is 1. The van der Waals surface area contributed by atoms with Gasteiger partial charge in [-0.05, 0) is 30.3 Å². The van der Waals surface area contributed by atoms with Gasteiger partial charge in [-0.3, -0.25) is 9.78 Å². The van der Waals surface area contributed by atoms with Crippen LogP contribution in [0.1, 0.15) is 10.4 Å². The van der Waals surface area contributed by atoms with Crippen molar-refractivity contribution in [2.75, 3.05) is 33.3 Å². The molecule has 1 aliphatic rings. The van der Waals surface area contributed by atoms with E-state index in [1.54, 1.807) is 13.3 Å². The van der Waals surface area contributed by atoms with Gasteiger partial charge in [-0.15, -0.1) is 12.4 Å². The van der Waals surface area contributed by atoms with Crippen LogP contribution in [0.5, 0.6) is 5.75 Å². The first kappa shape index (κ1) is 17.2. The van der Waals surface area contributed by atoms with Gasteiger partial charge >= 0.3 is 0 Å². The molecule has 1 saturated heterocycles. The van der Waals surface area contributed by atoms with Crippen LogP contribution in [0.15, 0.2) is 42.6 Å². The number of halogens is 1. The molecule has 2 aromatic rings. The number of nitrogens with one attached hydrogen (secondary N) is 1. The van der Waals surface area contributed by atoms with E-state index in [9.17, 15) is 4.79 Å². The fourth-order valence-corrected chi connectivity index (χ4v) is 2.61. The summed E-state index contributed by atoms with van der Waals surface area (Å²) in [6.07, 6.45) is 1.74. The lowest BCUT2D eigenvalue weighted by Crippen LogP contribution is -2.46. The van der Waals surface area contributed by atoms with E-state index in [-0.39, 0.29) is 18.3 Å². The van der Waals surface area contributed by atoms with Crippen LogP contribution in [-0.4, -0.2) is 49.1 Å². The minimum Gasteiger partial charge on any atom is -0.496 e. The van der Waals surface area contributed by atoms with Gasteiger partial charge in [0.1, 0.15) is 5.75 Å². The van der Waals surface area contributed by atoms with Crippen molar-refractivity contribution in [3.05, 3.63) is 48.2 Å². The monoisotopic (exact) mass is 333 g/mol. The van der Waals surface area contributed by atoms with Gasteiger partial charge in [-0.1, -0.05) is 6.07 Å². The Bertz CT molecular complexity index is 658. The van der Waals surface area contributed by atoms with Gasteiger partial charge in [0.2, 0.25) is 0 Å². The third-order valence-electron chi connectivity index (χ3n) is 3.79. The predicted molar refractivity (Wildman–Crippen MR) is 92.2 cm³/mol. The molecule has 23 heavy (non-hydrogen) atoms. The number of hydrogen-bond acceptors (Lipinski definition) is 4. The number of nitrogens with zero attached hydrogens (tertiary/aromatic N) is 2. The van der Waals surface area contributed by atoms with Crippen LogP contribution < -0.4 is 10.1 Å². The number of ether oxygens (including phenoxy) is 1. The summed E-state index contributed by atoms with van der Waals surface area (Å²) in [6.45, 7) is 3.16. The Morgan fingerprint density at radius 1 is 1.22 bits per heavy atom. The molecule has 3 rings (SSSR count). The summed E-state index contributed by atoms with van der Waals surface area (Å²) < 4.78 is 5.41. The molecule has 5 nitrogen and oxygen atoms in total. The minimum atomic E-state index is 0. The van der Waals surface area contributed by atoms with E-state index >= 15 is 0 Å². The number of hydrogen-bond donors (Lipinski definition) is 1. The lowest BCUT2D eigenvalue weighted by Gasteiger charge is -2.27. The Balaban J connectivity index is 0.00000192. The number of carbonyl (C=O) groups excluding carboxylic acids is 1. The molecule has 122 valence electrons. The molecule has 6 heteroatoms. The molecule has 1 aromatic carbocycles. The van der Waals surface area contributed by atoms with Crippen molar-refractivity contribution in [3.8, 4) is 17.0 Å². The summed E-state index contributed by atoms with van der Waals surface area (Å²) in [7, 11) is 1.62. The molecule has 0 saturated carbocycles. The average molecular weight is 334 g/mol. The summed E-state index contributed by atoms with van der Waals surface area (Å²) >= 11 is 0. The van der Waals surface area contributed by atoms with Crippen LogP contribution in [0, 0.1) is 0 Å². The Labute approximate surface area is 142 Å². The van der Waals surface area contributed by atoms with Crippen LogP contribution in [0.3, 0.4) is 0 Å². The second kappa shape index (κ2) is 7.94. The van der Waals surface area contributed by atoms with E-state index in [1.807, 2.05) is 41.3 Å². The molecule has 0 aliphatic carbocycles. The fraction of sp³-hybridized carbons (Fsp3) is 0.294. The lowest BCUT2D eigenvalue weighted by atomic mass is 10.0. The van der Waals surface area contributed by atoms with Crippen LogP contribution in [0.25, 0.3) is 11.3 Å². The van der Waals surface area contributed by atoms with Gasteiger partial charge in [0.15, 0.2) is 0 Å². The van der Waals surface area contributed by atoms with Gasteiger partial charge in [-0.2, -0.15) is 0 Å². The maximum absolute atomic E-state index is 12.6. The summed E-state index contributed by atoms with van der Waals surface area (Å²) in [4.78, 5) is 18.9. The minimum absolute atomic E-state index is 0.